The van der Waals surface area contributed by atoms with Gasteiger partial charge in [-0.25, -0.2) is 0 Å². The predicted octanol–water partition coefficient (Wildman–Crippen LogP) is 3.29. The second-order valence-electron chi connectivity index (χ2n) is 6.79. The van der Waals surface area contributed by atoms with Crippen LogP contribution in [-0.4, -0.2) is 35.2 Å². The molecule has 122 valence electrons. The Hall–Kier alpha value is -1.65. The maximum atomic E-state index is 6.27. The van der Waals surface area contributed by atoms with Crippen LogP contribution in [-0.2, 0) is 17.7 Å². The fourth-order valence-corrected chi connectivity index (χ4v) is 3.44. The third-order valence-electron chi connectivity index (χ3n) is 4.95. The van der Waals surface area contributed by atoms with Gasteiger partial charge in [-0.3, -0.25) is 9.88 Å². The van der Waals surface area contributed by atoms with Gasteiger partial charge in [-0.1, -0.05) is 6.07 Å². The predicted molar refractivity (Wildman–Crippen MR) is 87.9 cm³/mol. The van der Waals surface area contributed by atoms with Crippen molar-refractivity contribution in [1.82, 2.24) is 9.88 Å². The molecule has 4 nitrogen and oxygen atoms in total. The molecule has 2 aromatic rings. The number of ether oxygens (including phenoxy) is 1. The summed E-state index contributed by atoms with van der Waals surface area (Å²) in [6.07, 6.45) is 10.7. The molecular weight excluding hydrogens is 288 g/mol. The van der Waals surface area contributed by atoms with Crippen LogP contribution in [0.1, 0.15) is 30.6 Å². The normalized spacial score (nSPS) is 25.0. The SMILES string of the molecule is c1cncc(C[C@H]2[C@@H](OCC3CC3)CCN2Cc2ccco2)c1. The van der Waals surface area contributed by atoms with Crippen LogP contribution in [0.2, 0.25) is 0 Å². The lowest BCUT2D eigenvalue weighted by molar-refractivity contribution is 0.0187. The van der Waals surface area contributed by atoms with Crippen molar-refractivity contribution < 1.29 is 9.15 Å². The molecule has 1 aliphatic carbocycles. The first-order valence-electron chi connectivity index (χ1n) is 8.65. The summed E-state index contributed by atoms with van der Waals surface area (Å²) in [7, 11) is 0. The Labute approximate surface area is 137 Å². The molecule has 0 spiro atoms. The van der Waals surface area contributed by atoms with Crippen molar-refractivity contribution in [2.75, 3.05) is 13.2 Å². The van der Waals surface area contributed by atoms with Crippen molar-refractivity contribution in [2.45, 2.75) is 44.4 Å². The summed E-state index contributed by atoms with van der Waals surface area (Å²) in [4.78, 5) is 6.76. The molecule has 2 aliphatic rings. The van der Waals surface area contributed by atoms with Crippen molar-refractivity contribution >= 4 is 0 Å². The Bertz CT molecular complexity index is 595. The fraction of sp³-hybridized carbons (Fsp3) is 0.526. The number of aromatic nitrogens is 1. The minimum Gasteiger partial charge on any atom is -0.468 e. The van der Waals surface area contributed by atoms with Gasteiger partial charge >= 0.3 is 0 Å². The first kappa shape index (κ1) is 14.9. The molecule has 0 N–H and O–H groups in total. The average molecular weight is 312 g/mol. The third-order valence-corrected chi connectivity index (χ3v) is 4.95. The molecule has 0 amide bonds. The van der Waals surface area contributed by atoms with E-state index in [1.54, 1.807) is 6.26 Å². The Balaban J connectivity index is 1.45. The zero-order chi connectivity index (χ0) is 15.5. The first-order valence-corrected chi connectivity index (χ1v) is 8.65. The molecule has 4 heteroatoms. The van der Waals surface area contributed by atoms with E-state index in [4.69, 9.17) is 9.15 Å². The van der Waals surface area contributed by atoms with E-state index >= 15 is 0 Å². The maximum absolute atomic E-state index is 6.27. The summed E-state index contributed by atoms with van der Waals surface area (Å²) in [5.41, 5.74) is 1.28. The minimum atomic E-state index is 0.325. The van der Waals surface area contributed by atoms with Crippen LogP contribution in [0.4, 0.5) is 0 Å². The van der Waals surface area contributed by atoms with Gasteiger partial charge in [0.05, 0.1) is 18.9 Å². The molecule has 0 unspecified atom stereocenters. The van der Waals surface area contributed by atoms with Crippen molar-refractivity contribution in [1.29, 1.82) is 0 Å². The monoisotopic (exact) mass is 312 g/mol. The largest absolute Gasteiger partial charge is 0.468 e. The van der Waals surface area contributed by atoms with Crippen LogP contribution < -0.4 is 0 Å². The molecule has 3 heterocycles. The van der Waals surface area contributed by atoms with Gasteiger partial charge in [-0.15, -0.1) is 0 Å². The molecule has 2 fully saturated rings. The van der Waals surface area contributed by atoms with E-state index in [-0.39, 0.29) is 0 Å². The molecule has 0 bridgehead atoms. The van der Waals surface area contributed by atoms with E-state index in [0.717, 1.165) is 44.2 Å². The molecule has 0 radical (unpaired) electrons. The van der Waals surface area contributed by atoms with E-state index in [9.17, 15) is 0 Å². The molecule has 1 saturated heterocycles. The highest BCUT2D eigenvalue weighted by Gasteiger charge is 2.36. The standard InChI is InChI=1S/C19H24N2O2/c1-3-16(12-20-8-1)11-18-19(23-14-15-5-6-15)7-9-21(18)13-17-4-2-10-22-17/h1-4,8,10,12,15,18-19H,5-7,9,11,13-14H2/t18-,19-/m0/s1. The summed E-state index contributed by atoms with van der Waals surface area (Å²) in [6.45, 7) is 2.87. The van der Waals surface area contributed by atoms with Gasteiger partial charge in [0.25, 0.3) is 0 Å². The molecule has 0 aromatic carbocycles. The van der Waals surface area contributed by atoms with E-state index in [0.29, 0.717) is 12.1 Å². The van der Waals surface area contributed by atoms with Crippen LogP contribution in [0, 0.1) is 5.92 Å². The van der Waals surface area contributed by atoms with Crippen molar-refractivity contribution in [2.24, 2.45) is 5.92 Å². The molecule has 1 saturated carbocycles. The average Bonchev–Trinajstić information content (AvgIpc) is 3.13. The van der Waals surface area contributed by atoms with Crippen molar-refractivity contribution in [3.63, 3.8) is 0 Å². The minimum absolute atomic E-state index is 0.325. The molecule has 4 rings (SSSR count). The van der Waals surface area contributed by atoms with Crippen molar-refractivity contribution in [3.8, 4) is 0 Å². The van der Waals surface area contributed by atoms with E-state index < -0.39 is 0 Å². The Morgan fingerprint density at radius 2 is 2.17 bits per heavy atom. The number of pyridine rings is 1. The quantitative estimate of drug-likeness (QED) is 0.786. The highest BCUT2D eigenvalue weighted by Crippen LogP contribution is 2.32. The van der Waals surface area contributed by atoms with Gasteiger partial charge in [0, 0.05) is 31.6 Å². The van der Waals surface area contributed by atoms with Crippen LogP contribution in [0.15, 0.2) is 47.3 Å². The van der Waals surface area contributed by atoms with Gasteiger partial charge in [0.15, 0.2) is 0 Å². The van der Waals surface area contributed by atoms with Gasteiger partial charge in [-0.05, 0) is 55.4 Å². The van der Waals surface area contributed by atoms with Crippen LogP contribution in [0.3, 0.4) is 0 Å². The summed E-state index contributed by atoms with van der Waals surface area (Å²) in [5.74, 6) is 1.84. The lowest BCUT2D eigenvalue weighted by Gasteiger charge is -2.27. The number of likely N-dealkylation sites (tertiary alicyclic amines) is 1. The topological polar surface area (TPSA) is 38.5 Å². The maximum Gasteiger partial charge on any atom is 0.117 e. The van der Waals surface area contributed by atoms with E-state index in [1.807, 2.05) is 24.5 Å². The zero-order valence-electron chi connectivity index (χ0n) is 13.4. The summed E-state index contributed by atoms with van der Waals surface area (Å²) >= 11 is 0. The molecular formula is C19H24N2O2. The van der Waals surface area contributed by atoms with Crippen LogP contribution in [0.25, 0.3) is 0 Å². The highest BCUT2D eigenvalue weighted by atomic mass is 16.5. The number of nitrogens with zero attached hydrogens (tertiary/aromatic N) is 2. The Morgan fingerprint density at radius 1 is 1.22 bits per heavy atom. The Morgan fingerprint density at radius 3 is 2.91 bits per heavy atom. The van der Waals surface area contributed by atoms with E-state index in [2.05, 4.69) is 22.0 Å². The smallest absolute Gasteiger partial charge is 0.117 e. The second kappa shape index (κ2) is 6.85. The highest BCUT2D eigenvalue weighted by molar-refractivity contribution is 5.12. The van der Waals surface area contributed by atoms with Gasteiger partial charge in [0.2, 0.25) is 0 Å². The molecule has 1 aliphatic heterocycles. The first-order chi connectivity index (χ1) is 11.4. The lowest BCUT2D eigenvalue weighted by Crippen LogP contribution is -2.38. The van der Waals surface area contributed by atoms with Crippen molar-refractivity contribution in [3.05, 3.63) is 54.2 Å². The van der Waals surface area contributed by atoms with Crippen LogP contribution in [0.5, 0.6) is 0 Å². The number of hydrogen-bond donors (Lipinski definition) is 0. The molecule has 23 heavy (non-hydrogen) atoms. The fourth-order valence-electron chi connectivity index (χ4n) is 3.44. The molecule has 2 aromatic heterocycles. The van der Waals surface area contributed by atoms with E-state index in [1.165, 1.54) is 18.4 Å². The van der Waals surface area contributed by atoms with Gasteiger partial charge in [0.1, 0.15) is 5.76 Å². The van der Waals surface area contributed by atoms with Gasteiger partial charge in [-0.2, -0.15) is 0 Å². The lowest BCUT2D eigenvalue weighted by atomic mass is 10.0. The number of furan rings is 1. The number of hydrogen-bond acceptors (Lipinski definition) is 4. The van der Waals surface area contributed by atoms with Gasteiger partial charge < -0.3 is 9.15 Å². The second-order valence-corrected chi connectivity index (χ2v) is 6.79. The summed E-state index contributed by atoms with van der Waals surface area (Å²) in [6, 6.07) is 8.60. The summed E-state index contributed by atoms with van der Waals surface area (Å²) < 4.78 is 11.8. The zero-order valence-corrected chi connectivity index (χ0v) is 13.4. The van der Waals surface area contributed by atoms with Crippen LogP contribution >= 0.6 is 0 Å². The third kappa shape index (κ3) is 3.82. The number of rotatable bonds is 7. The summed E-state index contributed by atoms with van der Waals surface area (Å²) in [5, 5.41) is 0. The molecule has 2 atom stereocenters. The Kier molecular flexibility index (Phi) is 4.44.